The number of benzene rings is 1. The van der Waals surface area contributed by atoms with Gasteiger partial charge in [-0.2, -0.15) is 0 Å². The summed E-state index contributed by atoms with van der Waals surface area (Å²) in [4.78, 5) is 8.17. The molecule has 0 fully saturated rings. The molecule has 4 heteroatoms. The van der Waals surface area contributed by atoms with E-state index in [4.69, 9.17) is 0 Å². The van der Waals surface area contributed by atoms with E-state index in [9.17, 15) is 0 Å². The lowest BCUT2D eigenvalue weighted by atomic mass is 10.2. The summed E-state index contributed by atoms with van der Waals surface area (Å²) < 4.78 is 0. The molecule has 0 aliphatic carbocycles. The van der Waals surface area contributed by atoms with E-state index in [0.29, 0.717) is 0 Å². The average molecular weight is 262 g/mol. The van der Waals surface area contributed by atoms with Crippen LogP contribution in [-0.4, -0.2) is 9.97 Å². The minimum atomic E-state index is 0.964. The Morgan fingerprint density at radius 1 is 0.600 bits per heavy atom. The molecule has 0 saturated heterocycles. The van der Waals surface area contributed by atoms with Crippen molar-refractivity contribution in [1.82, 2.24) is 9.97 Å². The van der Waals surface area contributed by atoms with Gasteiger partial charge in [0.25, 0.3) is 0 Å². The van der Waals surface area contributed by atoms with Gasteiger partial charge in [0.05, 0.1) is 23.8 Å². The second kappa shape index (κ2) is 5.84. The van der Waals surface area contributed by atoms with Gasteiger partial charge in [-0.3, -0.25) is 9.97 Å². The summed E-state index contributed by atoms with van der Waals surface area (Å²) in [5.74, 6) is 0. The molecule has 2 N–H and O–H groups in total. The van der Waals surface area contributed by atoms with Crippen LogP contribution in [0.15, 0.2) is 73.3 Å². The Morgan fingerprint density at radius 2 is 1.10 bits per heavy atom. The van der Waals surface area contributed by atoms with Gasteiger partial charge in [0.15, 0.2) is 0 Å². The van der Waals surface area contributed by atoms with Crippen molar-refractivity contribution >= 4 is 22.7 Å². The number of hydrogen-bond donors (Lipinski definition) is 2. The Hall–Kier alpha value is -2.88. The van der Waals surface area contributed by atoms with Crippen molar-refractivity contribution in [3.8, 4) is 0 Å². The zero-order valence-electron chi connectivity index (χ0n) is 10.8. The largest absolute Gasteiger partial charge is 0.354 e. The molecule has 1 aromatic carbocycles. The van der Waals surface area contributed by atoms with Gasteiger partial charge >= 0.3 is 0 Å². The predicted molar refractivity (Wildman–Crippen MR) is 81.5 cm³/mol. The summed E-state index contributed by atoms with van der Waals surface area (Å²) >= 11 is 0. The number of nitrogens with one attached hydrogen (secondary N) is 2. The lowest BCUT2D eigenvalue weighted by Crippen LogP contribution is -1.94. The molecule has 0 atom stereocenters. The second-order valence-corrected chi connectivity index (χ2v) is 4.31. The topological polar surface area (TPSA) is 49.8 Å². The summed E-state index contributed by atoms with van der Waals surface area (Å²) in [5, 5.41) is 6.62. The molecular formula is C16H14N4. The monoisotopic (exact) mass is 262 g/mol. The summed E-state index contributed by atoms with van der Waals surface area (Å²) in [5.41, 5.74) is 3.94. The maximum absolute atomic E-state index is 4.08. The molecule has 0 spiro atoms. The molecule has 20 heavy (non-hydrogen) atoms. The summed E-state index contributed by atoms with van der Waals surface area (Å²) in [6.07, 6.45) is 7.10. The van der Waals surface area contributed by atoms with E-state index in [-0.39, 0.29) is 0 Å². The van der Waals surface area contributed by atoms with E-state index >= 15 is 0 Å². The summed E-state index contributed by atoms with van der Waals surface area (Å²) in [6.45, 7) is 0. The molecular weight excluding hydrogens is 248 g/mol. The molecule has 0 radical (unpaired) electrons. The lowest BCUT2D eigenvalue weighted by Gasteiger charge is -2.09. The van der Waals surface area contributed by atoms with Crippen LogP contribution in [0, 0.1) is 0 Å². The van der Waals surface area contributed by atoms with Gasteiger partial charge in [0.1, 0.15) is 0 Å². The van der Waals surface area contributed by atoms with Gasteiger partial charge in [0, 0.05) is 23.8 Å². The van der Waals surface area contributed by atoms with Crippen molar-refractivity contribution in [3.05, 3.63) is 73.3 Å². The van der Waals surface area contributed by atoms with Crippen molar-refractivity contribution in [2.45, 2.75) is 0 Å². The number of pyridine rings is 2. The Morgan fingerprint density at radius 3 is 1.55 bits per heavy atom. The molecule has 3 rings (SSSR count). The fourth-order valence-electron chi connectivity index (χ4n) is 1.88. The third-order valence-electron chi connectivity index (χ3n) is 2.76. The summed E-state index contributed by atoms with van der Waals surface area (Å²) in [7, 11) is 0. The molecule has 0 aliphatic heterocycles. The maximum Gasteiger partial charge on any atom is 0.0570 e. The van der Waals surface area contributed by atoms with Crippen LogP contribution in [0.25, 0.3) is 0 Å². The van der Waals surface area contributed by atoms with Crippen LogP contribution in [-0.2, 0) is 0 Å². The zero-order valence-corrected chi connectivity index (χ0v) is 10.8. The van der Waals surface area contributed by atoms with Crippen LogP contribution in [0.4, 0.5) is 22.7 Å². The quantitative estimate of drug-likeness (QED) is 0.747. The molecule has 0 saturated carbocycles. The number of nitrogens with zero attached hydrogens (tertiary/aromatic N) is 2. The first-order chi connectivity index (χ1) is 9.90. The normalized spacial score (nSPS) is 10.0. The van der Waals surface area contributed by atoms with Crippen LogP contribution >= 0.6 is 0 Å². The first-order valence-electron chi connectivity index (χ1n) is 6.34. The first-order valence-corrected chi connectivity index (χ1v) is 6.34. The van der Waals surface area contributed by atoms with Gasteiger partial charge in [-0.1, -0.05) is 6.07 Å². The number of hydrogen-bond acceptors (Lipinski definition) is 4. The van der Waals surface area contributed by atoms with Gasteiger partial charge in [-0.05, 0) is 42.5 Å². The SMILES string of the molecule is c1cncc(Nc2cccc(Nc3cccnc3)c2)c1. The molecule has 3 aromatic rings. The minimum absolute atomic E-state index is 0.964. The smallest absolute Gasteiger partial charge is 0.0570 e. The van der Waals surface area contributed by atoms with Gasteiger partial charge in [0.2, 0.25) is 0 Å². The number of rotatable bonds is 4. The molecule has 4 nitrogen and oxygen atoms in total. The molecule has 0 amide bonds. The van der Waals surface area contributed by atoms with E-state index < -0.39 is 0 Å². The first kappa shape index (κ1) is 12.2. The van der Waals surface area contributed by atoms with Gasteiger partial charge < -0.3 is 10.6 Å². The van der Waals surface area contributed by atoms with Crippen molar-refractivity contribution in [3.63, 3.8) is 0 Å². The molecule has 0 bridgehead atoms. The van der Waals surface area contributed by atoms with Crippen molar-refractivity contribution < 1.29 is 0 Å². The zero-order chi connectivity index (χ0) is 13.6. The second-order valence-electron chi connectivity index (χ2n) is 4.31. The van der Waals surface area contributed by atoms with Crippen LogP contribution in [0.2, 0.25) is 0 Å². The molecule has 98 valence electrons. The van der Waals surface area contributed by atoms with Crippen LogP contribution in [0.5, 0.6) is 0 Å². The highest BCUT2D eigenvalue weighted by Gasteiger charge is 1.98. The van der Waals surface area contributed by atoms with E-state index in [1.54, 1.807) is 24.8 Å². The molecule has 0 aliphatic rings. The molecule has 0 unspecified atom stereocenters. The van der Waals surface area contributed by atoms with Gasteiger partial charge in [-0.15, -0.1) is 0 Å². The van der Waals surface area contributed by atoms with E-state index in [2.05, 4.69) is 20.6 Å². The Balaban J connectivity index is 1.76. The van der Waals surface area contributed by atoms with Crippen LogP contribution in [0.1, 0.15) is 0 Å². The average Bonchev–Trinajstić information content (AvgIpc) is 2.50. The standard InChI is InChI=1S/C16H14N4/c1-4-13(19-15-6-2-8-17-11-15)10-14(5-1)20-16-7-3-9-18-12-16/h1-12,19-20H. The third kappa shape index (κ3) is 3.11. The van der Waals surface area contributed by atoms with E-state index in [1.807, 2.05) is 48.5 Å². The van der Waals surface area contributed by atoms with Gasteiger partial charge in [-0.25, -0.2) is 0 Å². The van der Waals surface area contributed by atoms with Crippen molar-refractivity contribution in [2.75, 3.05) is 10.6 Å². The van der Waals surface area contributed by atoms with Crippen LogP contribution < -0.4 is 10.6 Å². The predicted octanol–water partition coefficient (Wildman–Crippen LogP) is 3.96. The Bertz CT molecular complexity index is 612. The van der Waals surface area contributed by atoms with Crippen molar-refractivity contribution in [2.24, 2.45) is 0 Å². The highest BCUT2D eigenvalue weighted by Crippen LogP contribution is 2.21. The third-order valence-corrected chi connectivity index (χ3v) is 2.76. The fraction of sp³-hybridized carbons (Fsp3) is 0. The highest BCUT2D eigenvalue weighted by molar-refractivity contribution is 5.67. The Labute approximate surface area is 117 Å². The minimum Gasteiger partial charge on any atom is -0.354 e. The number of anilines is 4. The summed E-state index contributed by atoms with van der Waals surface area (Å²) in [6, 6.07) is 15.8. The van der Waals surface area contributed by atoms with E-state index in [1.165, 1.54) is 0 Å². The maximum atomic E-state index is 4.08. The lowest BCUT2D eigenvalue weighted by molar-refractivity contribution is 1.32. The number of aromatic nitrogens is 2. The van der Waals surface area contributed by atoms with Crippen LogP contribution in [0.3, 0.4) is 0 Å². The van der Waals surface area contributed by atoms with Crippen molar-refractivity contribution in [1.29, 1.82) is 0 Å². The fourth-order valence-corrected chi connectivity index (χ4v) is 1.88. The highest BCUT2D eigenvalue weighted by atomic mass is 14.9. The van der Waals surface area contributed by atoms with E-state index in [0.717, 1.165) is 22.7 Å². The Kier molecular flexibility index (Phi) is 3.55. The molecule has 2 heterocycles. The molecule has 2 aromatic heterocycles.